The van der Waals surface area contributed by atoms with Crippen molar-refractivity contribution in [2.24, 2.45) is 0 Å². The molecule has 1 aromatic heterocycles. The molecule has 5 nitrogen and oxygen atoms in total. The second-order valence-corrected chi connectivity index (χ2v) is 5.70. The Morgan fingerprint density at radius 2 is 1.73 bits per heavy atom. The van der Waals surface area contributed by atoms with Gasteiger partial charge >= 0.3 is 0 Å². The lowest BCUT2D eigenvalue weighted by atomic mass is 10.1. The molecule has 3 aromatic rings. The number of hydrogen-bond donors (Lipinski definition) is 1. The largest absolute Gasteiger partial charge is 0.497 e. The number of ether oxygens (including phenoxy) is 2. The SMILES string of the molecule is COc1ccc(Oc2ccc(CNCc3cccc(C#N)c3)cn2)cc1. The maximum atomic E-state index is 8.93. The Kier molecular flexibility index (Phi) is 5.81. The average Bonchev–Trinajstić information content (AvgIpc) is 2.70. The van der Waals surface area contributed by atoms with Gasteiger partial charge in [0.1, 0.15) is 11.5 Å². The molecule has 0 saturated heterocycles. The Morgan fingerprint density at radius 3 is 2.42 bits per heavy atom. The molecular weight excluding hydrogens is 326 g/mol. The van der Waals surface area contributed by atoms with E-state index in [1.54, 1.807) is 19.4 Å². The Morgan fingerprint density at radius 1 is 0.962 bits per heavy atom. The standard InChI is InChI=1S/C21H19N3O2/c1-25-19-6-8-20(9-7-19)26-21-10-5-18(15-24-21)14-23-13-17-4-2-3-16(11-17)12-22/h2-11,15,23H,13-14H2,1H3. The molecule has 3 rings (SSSR count). The maximum absolute atomic E-state index is 8.93. The molecule has 0 fully saturated rings. The van der Waals surface area contributed by atoms with Crippen LogP contribution in [0.25, 0.3) is 0 Å². The number of nitrogens with one attached hydrogen (secondary N) is 1. The van der Waals surface area contributed by atoms with Crippen LogP contribution in [0.15, 0.2) is 66.9 Å². The van der Waals surface area contributed by atoms with Gasteiger partial charge in [-0.15, -0.1) is 0 Å². The van der Waals surface area contributed by atoms with E-state index in [4.69, 9.17) is 14.7 Å². The molecule has 0 unspecified atom stereocenters. The monoisotopic (exact) mass is 345 g/mol. The van der Waals surface area contributed by atoms with Crippen LogP contribution >= 0.6 is 0 Å². The van der Waals surface area contributed by atoms with Crippen molar-refractivity contribution in [2.45, 2.75) is 13.1 Å². The van der Waals surface area contributed by atoms with Gasteiger partial charge in [-0.1, -0.05) is 18.2 Å². The van der Waals surface area contributed by atoms with E-state index in [-0.39, 0.29) is 0 Å². The molecule has 0 spiro atoms. The molecule has 0 aliphatic heterocycles. The third-order valence-corrected chi connectivity index (χ3v) is 3.79. The minimum Gasteiger partial charge on any atom is -0.497 e. The van der Waals surface area contributed by atoms with Gasteiger partial charge in [-0.05, 0) is 47.5 Å². The molecule has 0 aliphatic carbocycles. The predicted molar refractivity (Wildman–Crippen MR) is 99.0 cm³/mol. The summed E-state index contributed by atoms with van der Waals surface area (Å²) in [4.78, 5) is 4.33. The smallest absolute Gasteiger partial charge is 0.219 e. The highest BCUT2D eigenvalue weighted by molar-refractivity contribution is 5.34. The molecule has 26 heavy (non-hydrogen) atoms. The quantitative estimate of drug-likeness (QED) is 0.700. The van der Waals surface area contributed by atoms with Crippen LogP contribution in [-0.4, -0.2) is 12.1 Å². The van der Waals surface area contributed by atoms with E-state index in [2.05, 4.69) is 16.4 Å². The molecule has 130 valence electrons. The summed E-state index contributed by atoms with van der Waals surface area (Å²) in [5.41, 5.74) is 2.81. The summed E-state index contributed by atoms with van der Waals surface area (Å²) >= 11 is 0. The van der Waals surface area contributed by atoms with Crippen LogP contribution in [0.5, 0.6) is 17.4 Å². The first-order chi connectivity index (χ1) is 12.8. The second kappa shape index (κ2) is 8.65. The summed E-state index contributed by atoms with van der Waals surface area (Å²) in [7, 11) is 1.63. The number of pyridine rings is 1. The zero-order chi connectivity index (χ0) is 18.2. The second-order valence-electron chi connectivity index (χ2n) is 5.70. The lowest BCUT2D eigenvalue weighted by molar-refractivity contribution is 0.412. The number of benzene rings is 2. The Balaban J connectivity index is 1.51. The fourth-order valence-electron chi connectivity index (χ4n) is 2.44. The number of rotatable bonds is 7. The van der Waals surface area contributed by atoms with E-state index >= 15 is 0 Å². The number of methoxy groups -OCH3 is 1. The van der Waals surface area contributed by atoms with Crippen molar-refractivity contribution in [1.82, 2.24) is 10.3 Å². The first-order valence-corrected chi connectivity index (χ1v) is 8.23. The van der Waals surface area contributed by atoms with Gasteiger partial charge in [0.25, 0.3) is 0 Å². The number of nitriles is 1. The maximum Gasteiger partial charge on any atom is 0.219 e. The van der Waals surface area contributed by atoms with Crippen LogP contribution in [0.1, 0.15) is 16.7 Å². The fourth-order valence-corrected chi connectivity index (χ4v) is 2.44. The summed E-state index contributed by atoms with van der Waals surface area (Å²) in [6.45, 7) is 1.38. The Labute approximate surface area is 152 Å². The van der Waals surface area contributed by atoms with Gasteiger partial charge in [-0.3, -0.25) is 0 Å². The van der Waals surface area contributed by atoms with Gasteiger partial charge in [0.15, 0.2) is 0 Å². The normalized spacial score (nSPS) is 10.2. The molecule has 0 amide bonds. The van der Waals surface area contributed by atoms with Crippen molar-refractivity contribution in [3.63, 3.8) is 0 Å². The Bertz CT molecular complexity index is 884. The molecular formula is C21H19N3O2. The molecule has 0 bridgehead atoms. The van der Waals surface area contributed by atoms with Crippen LogP contribution in [0.3, 0.4) is 0 Å². The van der Waals surface area contributed by atoms with Crippen molar-refractivity contribution in [3.8, 4) is 23.4 Å². The van der Waals surface area contributed by atoms with Crippen LogP contribution in [0, 0.1) is 11.3 Å². The molecule has 1 heterocycles. The summed E-state index contributed by atoms with van der Waals surface area (Å²) in [5.74, 6) is 2.04. The summed E-state index contributed by atoms with van der Waals surface area (Å²) in [6.07, 6.45) is 1.79. The molecule has 5 heteroatoms. The Hall–Kier alpha value is -3.36. The van der Waals surface area contributed by atoms with Crippen LogP contribution in [0.4, 0.5) is 0 Å². The van der Waals surface area contributed by atoms with Crippen molar-refractivity contribution in [2.75, 3.05) is 7.11 Å². The van der Waals surface area contributed by atoms with Crippen molar-refractivity contribution in [3.05, 3.63) is 83.6 Å². The highest BCUT2D eigenvalue weighted by Gasteiger charge is 2.01. The molecule has 1 N–H and O–H groups in total. The zero-order valence-electron chi connectivity index (χ0n) is 14.5. The van der Waals surface area contributed by atoms with Crippen LogP contribution in [-0.2, 0) is 13.1 Å². The van der Waals surface area contributed by atoms with Gasteiger partial charge < -0.3 is 14.8 Å². The van der Waals surface area contributed by atoms with E-state index in [0.29, 0.717) is 30.3 Å². The minimum absolute atomic E-state index is 0.542. The van der Waals surface area contributed by atoms with Crippen molar-refractivity contribution in [1.29, 1.82) is 5.26 Å². The highest BCUT2D eigenvalue weighted by Crippen LogP contribution is 2.22. The molecule has 0 aliphatic rings. The minimum atomic E-state index is 0.542. The topological polar surface area (TPSA) is 67.2 Å². The van der Waals surface area contributed by atoms with Crippen LogP contribution < -0.4 is 14.8 Å². The van der Waals surface area contributed by atoms with Crippen molar-refractivity contribution < 1.29 is 9.47 Å². The number of aromatic nitrogens is 1. The molecule has 0 saturated carbocycles. The van der Waals surface area contributed by atoms with E-state index in [1.165, 1.54) is 0 Å². The lowest BCUT2D eigenvalue weighted by Crippen LogP contribution is -2.12. The summed E-state index contributed by atoms with van der Waals surface area (Å²) in [6, 6.07) is 20.9. The zero-order valence-corrected chi connectivity index (χ0v) is 14.5. The van der Waals surface area contributed by atoms with E-state index in [0.717, 1.165) is 16.9 Å². The molecule has 0 radical (unpaired) electrons. The average molecular weight is 345 g/mol. The molecule has 2 aromatic carbocycles. The first-order valence-electron chi connectivity index (χ1n) is 8.23. The predicted octanol–water partition coefficient (Wildman–Crippen LogP) is 4.04. The third-order valence-electron chi connectivity index (χ3n) is 3.79. The summed E-state index contributed by atoms with van der Waals surface area (Å²) in [5, 5.41) is 12.3. The van der Waals surface area contributed by atoms with Gasteiger partial charge in [0.2, 0.25) is 5.88 Å². The van der Waals surface area contributed by atoms with Gasteiger partial charge in [0, 0.05) is 25.4 Å². The van der Waals surface area contributed by atoms with Gasteiger partial charge in [-0.2, -0.15) is 5.26 Å². The van der Waals surface area contributed by atoms with Gasteiger partial charge in [0.05, 0.1) is 18.7 Å². The van der Waals surface area contributed by atoms with E-state index < -0.39 is 0 Å². The number of hydrogen-bond acceptors (Lipinski definition) is 5. The molecule has 0 atom stereocenters. The number of nitrogens with zero attached hydrogens (tertiary/aromatic N) is 2. The fraction of sp³-hybridized carbons (Fsp3) is 0.143. The van der Waals surface area contributed by atoms with E-state index in [9.17, 15) is 0 Å². The lowest BCUT2D eigenvalue weighted by Gasteiger charge is -2.08. The highest BCUT2D eigenvalue weighted by atomic mass is 16.5. The van der Waals surface area contributed by atoms with Gasteiger partial charge in [-0.25, -0.2) is 4.98 Å². The first kappa shape index (κ1) is 17.5. The third kappa shape index (κ3) is 4.82. The van der Waals surface area contributed by atoms with Crippen molar-refractivity contribution >= 4 is 0 Å². The summed E-state index contributed by atoms with van der Waals surface area (Å²) < 4.78 is 10.8. The van der Waals surface area contributed by atoms with E-state index in [1.807, 2.05) is 54.6 Å². The van der Waals surface area contributed by atoms with Crippen LogP contribution in [0.2, 0.25) is 0 Å².